The highest BCUT2D eigenvalue weighted by Gasteiger charge is 2.36. The van der Waals surface area contributed by atoms with E-state index in [-0.39, 0.29) is 11.6 Å². The molecule has 1 aliphatic carbocycles. The second-order valence-electron chi connectivity index (χ2n) is 4.11. The summed E-state index contributed by atoms with van der Waals surface area (Å²) in [5, 5.41) is 9.58. The molecular weight excluding hydrogens is 156 g/mol. The van der Waals surface area contributed by atoms with E-state index in [0.717, 1.165) is 19.3 Å². The molecule has 0 aromatic heterocycles. The van der Waals surface area contributed by atoms with Gasteiger partial charge in [0.2, 0.25) is 0 Å². The maximum Gasteiger partial charge on any atom is 0.188 e. The third-order valence-electron chi connectivity index (χ3n) is 2.64. The van der Waals surface area contributed by atoms with E-state index in [1.54, 1.807) is 0 Å². The van der Waals surface area contributed by atoms with Gasteiger partial charge in [0.25, 0.3) is 0 Å². The molecule has 0 bridgehead atoms. The summed E-state index contributed by atoms with van der Waals surface area (Å²) < 4.78 is 0. The van der Waals surface area contributed by atoms with Crippen molar-refractivity contribution in [2.24, 2.45) is 0 Å². The summed E-state index contributed by atoms with van der Waals surface area (Å²) in [4.78, 5) is 9.79. The lowest BCUT2D eigenvalue weighted by Gasteiger charge is -2.34. The first-order valence-corrected chi connectivity index (χ1v) is 7.44. The fourth-order valence-corrected chi connectivity index (χ4v) is 3.95. The van der Waals surface area contributed by atoms with Crippen molar-refractivity contribution < 1.29 is 9.90 Å². The van der Waals surface area contributed by atoms with Crippen molar-refractivity contribution in [1.82, 2.24) is 0 Å². The molecule has 0 amide bonds. The van der Waals surface area contributed by atoms with E-state index in [1.165, 1.54) is 6.42 Å². The molecular formula is C8H18O2Si. The second kappa shape index (κ2) is 3.25. The Hall–Kier alpha value is 0.137. The molecule has 0 spiro atoms. The van der Waals surface area contributed by atoms with Gasteiger partial charge >= 0.3 is 0 Å². The summed E-state index contributed by atoms with van der Waals surface area (Å²) in [7, 11) is -2.07. The van der Waals surface area contributed by atoms with Gasteiger partial charge < -0.3 is 9.90 Å². The van der Waals surface area contributed by atoms with Gasteiger partial charge in [-0.2, -0.15) is 0 Å². The lowest BCUT2D eigenvalue weighted by atomic mass is 9.97. The molecule has 66 valence electrons. The Balaban J connectivity index is 2.55. The van der Waals surface area contributed by atoms with Gasteiger partial charge in [-0.15, -0.1) is 0 Å². The van der Waals surface area contributed by atoms with Crippen LogP contribution in [0.25, 0.3) is 0 Å². The van der Waals surface area contributed by atoms with Gasteiger partial charge in [-0.3, -0.25) is 0 Å². The van der Waals surface area contributed by atoms with E-state index in [0.29, 0.717) is 0 Å². The quantitative estimate of drug-likeness (QED) is 0.591. The van der Waals surface area contributed by atoms with Crippen LogP contribution in [-0.2, 0) is 0 Å². The summed E-state index contributed by atoms with van der Waals surface area (Å²) in [6.07, 6.45) is 4.00. The van der Waals surface area contributed by atoms with E-state index in [4.69, 9.17) is 0 Å². The maximum absolute atomic E-state index is 9.79. The molecule has 11 heavy (non-hydrogen) atoms. The van der Waals surface area contributed by atoms with Gasteiger partial charge in [0, 0.05) is 5.54 Å². The average molecular weight is 174 g/mol. The van der Waals surface area contributed by atoms with E-state index in [1.807, 2.05) is 13.1 Å². The first-order valence-electron chi connectivity index (χ1n) is 4.42. The van der Waals surface area contributed by atoms with E-state index < -0.39 is 8.32 Å². The Morgan fingerprint density at radius 3 is 2.09 bits per heavy atom. The van der Waals surface area contributed by atoms with Crippen molar-refractivity contribution in [3.63, 3.8) is 0 Å². The van der Waals surface area contributed by atoms with Crippen molar-refractivity contribution >= 4 is 8.32 Å². The number of hydrogen-bond donors (Lipinski definition) is 2. The highest BCUT2D eigenvalue weighted by atomic mass is 28.4. The first-order chi connectivity index (χ1) is 5.02. The van der Waals surface area contributed by atoms with E-state index in [2.05, 4.69) is 0 Å². The lowest BCUT2D eigenvalue weighted by molar-refractivity contribution is 0.122. The smallest absolute Gasteiger partial charge is 0.188 e. The Bertz CT molecular complexity index is 131. The van der Waals surface area contributed by atoms with Crippen molar-refractivity contribution in [2.45, 2.75) is 50.4 Å². The van der Waals surface area contributed by atoms with Crippen molar-refractivity contribution in [2.75, 3.05) is 0 Å². The predicted octanol–water partition coefficient (Wildman–Crippen LogP) is 1.49. The van der Waals surface area contributed by atoms with Crippen LogP contribution >= 0.6 is 0 Å². The van der Waals surface area contributed by atoms with Crippen LogP contribution in [0.1, 0.15) is 25.7 Å². The lowest BCUT2D eigenvalue weighted by Crippen LogP contribution is -2.40. The molecule has 1 rings (SSSR count). The van der Waals surface area contributed by atoms with Crippen LogP contribution in [0.4, 0.5) is 0 Å². The minimum absolute atomic E-state index is 0.219. The standard InChI is InChI=1S/C8H18O2Si/c1-11(2,10)8-6-4-3-5-7(8)9/h7-10H,3-6H2,1-2H3. The van der Waals surface area contributed by atoms with Gasteiger partial charge in [-0.25, -0.2) is 0 Å². The number of aliphatic hydroxyl groups is 1. The molecule has 2 nitrogen and oxygen atoms in total. The molecule has 1 fully saturated rings. The van der Waals surface area contributed by atoms with Crippen LogP contribution in [0.2, 0.25) is 18.6 Å². The van der Waals surface area contributed by atoms with Crippen molar-refractivity contribution in [3.05, 3.63) is 0 Å². The monoisotopic (exact) mass is 174 g/mol. The molecule has 3 heteroatoms. The molecule has 0 heterocycles. The summed E-state index contributed by atoms with van der Waals surface area (Å²) in [6, 6.07) is 0. The summed E-state index contributed by atoms with van der Waals surface area (Å²) in [5.41, 5.74) is 0.219. The third kappa shape index (κ3) is 2.29. The zero-order valence-electron chi connectivity index (χ0n) is 7.38. The van der Waals surface area contributed by atoms with Gasteiger partial charge in [0.1, 0.15) is 0 Å². The van der Waals surface area contributed by atoms with E-state index in [9.17, 15) is 9.90 Å². The summed E-state index contributed by atoms with van der Waals surface area (Å²) in [6.45, 7) is 3.85. The van der Waals surface area contributed by atoms with Crippen LogP contribution in [-0.4, -0.2) is 24.3 Å². The summed E-state index contributed by atoms with van der Waals surface area (Å²) >= 11 is 0. The molecule has 0 aromatic carbocycles. The minimum atomic E-state index is -2.07. The summed E-state index contributed by atoms with van der Waals surface area (Å²) in [5.74, 6) is 0. The molecule has 2 unspecified atom stereocenters. The number of hydrogen-bond acceptors (Lipinski definition) is 2. The van der Waals surface area contributed by atoms with Crippen LogP contribution in [0.5, 0.6) is 0 Å². The molecule has 0 aliphatic heterocycles. The van der Waals surface area contributed by atoms with Crippen molar-refractivity contribution in [3.8, 4) is 0 Å². The SMILES string of the molecule is C[Si](C)(O)C1CCCCC1O. The second-order valence-corrected chi connectivity index (χ2v) is 8.16. The molecule has 1 aliphatic rings. The van der Waals surface area contributed by atoms with Crippen molar-refractivity contribution in [1.29, 1.82) is 0 Å². The fraction of sp³-hybridized carbons (Fsp3) is 1.00. The zero-order chi connectivity index (χ0) is 8.48. The average Bonchev–Trinajstić information content (AvgIpc) is 1.86. The van der Waals surface area contributed by atoms with E-state index >= 15 is 0 Å². The highest BCUT2D eigenvalue weighted by Crippen LogP contribution is 2.35. The van der Waals surface area contributed by atoms with Gasteiger partial charge in [0.15, 0.2) is 8.32 Å². The molecule has 2 N–H and O–H groups in total. The minimum Gasteiger partial charge on any atom is -0.432 e. The molecule has 0 aromatic rings. The van der Waals surface area contributed by atoms with Crippen LogP contribution in [0.3, 0.4) is 0 Å². The predicted molar refractivity (Wildman–Crippen MR) is 47.9 cm³/mol. The highest BCUT2D eigenvalue weighted by molar-refractivity contribution is 6.71. The molecule has 1 saturated carbocycles. The molecule has 2 atom stereocenters. The number of aliphatic hydroxyl groups excluding tert-OH is 1. The van der Waals surface area contributed by atoms with Crippen LogP contribution in [0.15, 0.2) is 0 Å². The fourth-order valence-electron chi connectivity index (χ4n) is 1.94. The van der Waals surface area contributed by atoms with Gasteiger partial charge in [0.05, 0.1) is 6.10 Å². The number of rotatable bonds is 1. The Labute approximate surface area is 69.4 Å². The normalized spacial score (nSPS) is 33.8. The third-order valence-corrected chi connectivity index (χ3v) is 5.13. The zero-order valence-corrected chi connectivity index (χ0v) is 8.38. The molecule has 0 radical (unpaired) electrons. The van der Waals surface area contributed by atoms with Crippen LogP contribution in [0, 0.1) is 0 Å². The topological polar surface area (TPSA) is 40.5 Å². The Morgan fingerprint density at radius 2 is 1.73 bits per heavy atom. The largest absolute Gasteiger partial charge is 0.432 e. The van der Waals surface area contributed by atoms with Crippen LogP contribution < -0.4 is 0 Å². The Morgan fingerprint density at radius 1 is 1.18 bits per heavy atom. The first kappa shape index (κ1) is 9.23. The van der Waals surface area contributed by atoms with Gasteiger partial charge in [-0.05, 0) is 25.9 Å². The Kier molecular flexibility index (Phi) is 2.73. The van der Waals surface area contributed by atoms with Gasteiger partial charge in [-0.1, -0.05) is 12.8 Å². The molecule has 0 saturated heterocycles. The maximum atomic E-state index is 9.79.